The van der Waals surface area contributed by atoms with E-state index < -0.39 is 0 Å². The van der Waals surface area contributed by atoms with Crippen LogP contribution in [0.1, 0.15) is 49.1 Å². The van der Waals surface area contributed by atoms with Gasteiger partial charge in [-0.2, -0.15) is 0 Å². The lowest BCUT2D eigenvalue weighted by molar-refractivity contribution is 0.0689. The van der Waals surface area contributed by atoms with Gasteiger partial charge in [0.2, 0.25) is 5.82 Å². The Morgan fingerprint density at radius 1 is 1.30 bits per heavy atom. The topological polar surface area (TPSA) is 73.9 Å². The number of aryl methyl sites for hydroxylation is 1. The summed E-state index contributed by atoms with van der Waals surface area (Å²) in [5, 5.41) is 10.3. The zero-order valence-electron chi connectivity index (χ0n) is 12.1. The third-order valence-corrected chi connectivity index (χ3v) is 4.22. The fraction of sp³-hybridized carbons (Fsp3) is 0.786. The fourth-order valence-corrected chi connectivity index (χ4v) is 2.80. The van der Waals surface area contributed by atoms with Crippen molar-refractivity contribution in [3.8, 4) is 0 Å². The molecule has 0 bridgehead atoms. The Labute approximate surface area is 119 Å². The van der Waals surface area contributed by atoms with Gasteiger partial charge in [-0.05, 0) is 44.7 Å². The average molecular weight is 277 g/mol. The van der Waals surface area contributed by atoms with Gasteiger partial charge in [0, 0.05) is 19.0 Å². The van der Waals surface area contributed by atoms with Gasteiger partial charge in [-0.15, -0.1) is 5.10 Å². The van der Waals surface area contributed by atoms with E-state index in [2.05, 4.69) is 20.5 Å². The molecule has 1 aliphatic heterocycles. The van der Waals surface area contributed by atoms with Crippen LogP contribution >= 0.6 is 0 Å². The summed E-state index contributed by atoms with van der Waals surface area (Å²) in [5.74, 6) is 1.74. The quantitative estimate of drug-likeness (QED) is 0.841. The molecule has 2 heterocycles. The second kappa shape index (κ2) is 5.91. The first-order chi connectivity index (χ1) is 9.78. The number of nitrogens with one attached hydrogen (secondary N) is 2. The van der Waals surface area contributed by atoms with Crippen LogP contribution in [0.25, 0.3) is 0 Å². The number of nitrogens with zero attached hydrogens (tertiary/aromatic N) is 3. The molecule has 0 spiro atoms. The minimum atomic E-state index is 0.00184. The van der Waals surface area contributed by atoms with Crippen molar-refractivity contribution >= 4 is 5.91 Å². The van der Waals surface area contributed by atoms with Gasteiger partial charge in [0.05, 0.1) is 0 Å². The molecule has 1 saturated heterocycles. The van der Waals surface area contributed by atoms with Crippen LogP contribution in [0.4, 0.5) is 0 Å². The van der Waals surface area contributed by atoms with Crippen molar-refractivity contribution in [1.29, 1.82) is 0 Å². The van der Waals surface area contributed by atoms with Crippen LogP contribution in [-0.2, 0) is 6.42 Å². The predicted octanol–water partition coefficient (Wildman–Crippen LogP) is 0.971. The van der Waals surface area contributed by atoms with Crippen LogP contribution in [0.5, 0.6) is 0 Å². The summed E-state index contributed by atoms with van der Waals surface area (Å²) in [6.45, 7) is 5.00. The van der Waals surface area contributed by atoms with Gasteiger partial charge >= 0.3 is 0 Å². The Balaban J connectivity index is 1.67. The summed E-state index contributed by atoms with van der Waals surface area (Å²) < 4.78 is 0. The molecule has 1 aliphatic carbocycles. The van der Waals surface area contributed by atoms with Crippen molar-refractivity contribution < 1.29 is 4.79 Å². The van der Waals surface area contributed by atoms with Gasteiger partial charge in [0.25, 0.3) is 5.91 Å². The smallest absolute Gasteiger partial charge is 0.293 e. The normalized spacial score (nSPS) is 20.1. The Hall–Kier alpha value is -1.43. The number of hydrogen-bond donors (Lipinski definition) is 2. The van der Waals surface area contributed by atoms with E-state index in [1.54, 1.807) is 0 Å². The number of rotatable bonds is 5. The molecule has 2 N–H and O–H groups in total. The molecule has 0 aromatic carbocycles. The fourth-order valence-electron chi connectivity index (χ4n) is 2.80. The maximum atomic E-state index is 12.6. The number of H-pyrrole nitrogens is 1. The average Bonchev–Trinajstić information content (AvgIpc) is 3.21. The molecule has 1 aromatic rings. The Kier molecular flexibility index (Phi) is 4.00. The van der Waals surface area contributed by atoms with E-state index in [0.29, 0.717) is 17.8 Å². The van der Waals surface area contributed by atoms with Gasteiger partial charge in [-0.25, -0.2) is 4.98 Å². The third kappa shape index (κ3) is 3.00. The molecule has 6 heteroatoms. The second-order valence-corrected chi connectivity index (χ2v) is 5.84. The van der Waals surface area contributed by atoms with Crippen LogP contribution in [0.15, 0.2) is 0 Å². The first-order valence-corrected chi connectivity index (χ1v) is 7.71. The summed E-state index contributed by atoms with van der Waals surface area (Å²) in [6, 6.07) is 0.418. The molecular weight excluding hydrogens is 254 g/mol. The Morgan fingerprint density at radius 3 is 2.65 bits per heavy atom. The predicted molar refractivity (Wildman–Crippen MR) is 75.4 cm³/mol. The van der Waals surface area contributed by atoms with Gasteiger partial charge < -0.3 is 10.2 Å². The van der Waals surface area contributed by atoms with Gasteiger partial charge in [0.15, 0.2) is 0 Å². The SMILES string of the molecule is CCc1nc(C(=O)N(CC2CCNCC2)C2CC2)n[nH]1. The molecule has 1 saturated carbocycles. The van der Waals surface area contributed by atoms with E-state index in [9.17, 15) is 4.79 Å². The molecule has 20 heavy (non-hydrogen) atoms. The lowest BCUT2D eigenvalue weighted by Gasteiger charge is -2.29. The van der Waals surface area contributed by atoms with Crippen molar-refractivity contribution in [1.82, 2.24) is 25.4 Å². The molecule has 0 atom stereocenters. The minimum absolute atomic E-state index is 0.00184. The van der Waals surface area contributed by atoms with Crippen molar-refractivity contribution in [3.63, 3.8) is 0 Å². The molecule has 2 fully saturated rings. The number of carbonyl (C=O) groups is 1. The van der Waals surface area contributed by atoms with Crippen molar-refractivity contribution in [3.05, 3.63) is 11.6 Å². The summed E-state index contributed by atoms with van der Waals surface area (Å²) in [5.41, 5.74) is 0. The number of amides is 1. The summed E-state index contributed by atoms with van der Waals surface area (Å²) in [7, 11) is 0. The zero-order valence-corrected chi connectivity index (χ0v) is 12.1. The van der Waals surface area contributed by atoms with Crippen molar-refractivity contribution in [2.45, 2.75) is 45.1 Å². The van der Waals surface area contributed by atoms with Crippen molar-refractivity contribution in [2.75, 3.05) is 19.6 Å². The zero-order chi connectivity index (χ0) is 13.9. The molecule has 0 unspecified atom stereocenters. The number of hydrogen-bond acceptors (Lipinski definition) is 4. The standard InChI is InChI=1S/C14H23N5O/c1-2-12-16-13(18-17-12)14(20)19(11-3-4-11)9-10-5-7-15-8-6-10/h10-11,15H,2-9H2,1H3,(H,16,17,18). The molecular formula is C14H23N5O. The minimum Gasteiger partial charge on any atom is -0.333 e. The largest absolute Gasteiger partial charge is 0.333 e. The number of aromatic amines is 1. The molecule has 2 aliphatic rings. The van der Waals surface area contributed by atoms with Crippen molar-refractivity contribution in [2.24, 2.45) is 5.92 Å². The van der Waals surface area contributed by atoms with Crippen LogP contribution in [0.2, 0.25) is 0 Å². The molecule has 0 radical (unpaired) electrons. The van der Waals surface area contributed by atoms with Crippen LogP contribution in [-0.4, -0.2) is 51.7 Å². The first kappa shape index (κ1) is 13.5. The highest BCUT2D eigenvalue weighted by molar-refractivity contribution is 5.90. The van der Waals surface area contributed by atoms with E-state index >= 15 is 0 Å². The molecule has 110 valence electrons. The molecule has 6 nitrogen and oxygen atoms in total. The first-order valence-electron chi connectivity index (χ1n) is 7.71. The Bertz CT molecular complexity index is 462. The van der Waals surface area contributed by atoms with Crippen LogP contribution in [0, 0.1) is 5.92 Å². The summed E-state index contributed by atoms with van der Waals surface area (Å²) in [6.07, 6.45) is 5.34. The van der Waals surface area contributed by atoms with E-state index in [1.165, 1.54) is 0 Å². The van der Waals surface area contributed by atoms with E-state index in [-0.39, 0.29) is 5.91 Å². The lowest BCUT2D eigenvalue weighted by Crippen LogP contribution is -2.41. The highest BCUT2D eigenvalue weighted by Gasteiger charge is 2.36. The molecule has 1 amide bonds. The maximum Gasteiger partial charge on any atom is 0.293 e. The Morgan fingerprint density at radius 2 is 2.05 bits per heavy atom. The molecule has 1 aromatic heterocycles. The van der Waals surface area contributed by atoms with E-state index in [0.717, 1.165) is 57.6 Å². The number of piperidine rings is 1. The summed E-state index contributed by atoms with van der Waals surface area (Å²) >= 11 is 0. The third-order valence-electron chi connectivity index (χ3n) is 4.22. The van der Waals surface area contributed by atoms with Gasteiger partial charge in [-0.1, -0.05) is 6.92 Å². The lowest BCUT2D eigenvalue weighted by atomic mass is 9.97. The number of carbonyl (C=O) groups excluding carboxylic acids is 1. The summed E-state index contributed by atoms with van der Waals surface area (Å²) in [4.78, 5) is 18.9. The van der Waals surface area contributed by atoms with E-state index in [1.807, 2.05) is 11.8 Å². The van der Waals surface area contributed by atoms with Crippen LogP contribution < -0.4 is 5.32 Å². The monoisotopic (exact) mass is 277 g/mol. The number of aromatic nitrogens is 3. The highest BCUT2D eigenvalue weighted by Crippen LogP contribution is 2.29. The van der Waals surface area contributed by atoms with E-state index in [4.69, 9.17) is 0 Å². The molecule has 3 rings (SSSR count). The second-order valence-electron chi connectivity index (χ2n) is 5.84. The highest BCUT2D eigenvalue weighted by atomic mass is 16.2. The maximum absolute atomic E-state index is 12.6. The van der Waals surface area contributed by atoms with Crippen LogP contribution in [0.3, 0.4) is 0 Å². The van der Waals surface area contributed by atoms with Gasteiger partial charge in [0.1, 0.15) is 5.82 Å². The van der Waals surface area contributed by atoms with Gasteiger partial charge in [-0.3, -0.25) is 9.89 Å².